The van der Waals surface area contributed by atoms with Gasteiger partial charge in [-0.15, -0.1) is 0 Å². The van der Waals surface area contributed by atoms with Gasteiger partial charge in [0.2, 0.25) is 0 Å². The van der Waals surface area contributed by atoms with E-state index < -0.39 is 17.8 Å². The monoisotopic (exact) mass is 406 g/mol. The smallest absolute Gasteiger partial charge is 0.341 e. The van der Waals surface area contributed by atoms with Crippen LogP contribution in [0.15, 0.2) is 24.3 Å². The van der Waals surface area contributed by atoms with Gasteiger partial charge in [0.05, 0.1) is 17.6 Å². The highest BCUT2D eigenvalue weighted by Gasteiger charge is 2.35. The molecule has 0 atom stereocenters. The quantitative estimate of drug-likeness (QED) is 0.695. The summed E-state index contributed by atoms with van der Waals surface area (Å²) in [4.78, 5) is 22.5. The number of nitrogens with zero attached hydrogens (tertiary/aromatic N) is 4. The average Bonchev–Trinajstić information content (AvgIpc) is 3.25. The van der Waals surface area contributed by atoms with Crippen LogP contribution in [0.5, 0.6) is 0 Å². The van der Waals surface area contributed by atoms with Crippen molar-refractivity contribution in [3.63, 3.8) is 0 Å². The highest BCUT2D eigenvalue weighted by Crippen LogP contribution is 2.29. The van der Waals surface area contributed by atoms with E-state index in [0.29, 0.717) is 10.4 Å². The summed E-state index contributed by atoms with van der Waals surface area (Å²) in [7, 11) is 1.15. The van der Waals surface area contributed by atoms with Crippen molar-refractivity contribution >= 4 is 22.6 Å². The number of halogens is 3. The van der Waals surface area contributed by atoms with E-state index in [9.17, 15) is 18.0 Å². The third-order valence-corrected chi connectivity index (χ3v) is 5.01. The van der Waals surface area contributed by atoms with Crippen LogP contribution in [0, 0.1) is 0 Å². The van der Waals surface area contributed by atoms with Crippen molar-refractivity contribution in [1.82, 2.24) is 24.6 Å². The predicted octanol–water partition coefficient (Wildman–Crippen LogP) is 3.55. The number of aryl methyl sites for hydroxylation is 1. The number of imidazole rings is 1. The first-order chi connectivity index (χ1) is 13.8. The fourth-order valence-electron chi connectivity index (χ4n) is 3.58. The van der Waals surface area contributed by atoms with Crippen LogP contribution in [0.3, 0.4) is 0 Å². The number of piperidine rings is 1. The molecule has 10 heteroatoms. The highest BCUT2D eigenvalue weighted by atomic mass is 19.4. The molecule has 4 rings (SSSR count). The molecule has 154 valence electrons. The van der Waals surface area contributed by atoms with Gasteiger partial charge >= 0.3 is 6.18 Å². The number of rotatable bonds is 4. The number of nitrogens with one attached hydrogen (secondary N) is 2. The summed E-state index contributed by atoms with van der Waals surface area (Å²) in [5.74, 6) is 0.147. The number of alkyl halides is 3. The Hall–Kier alpha value is -2.88. The lowest BCUT2D eigenvalue weighted by molar-refractivity contribution is -0.143. The van der Waals surface area contributed by atoms with E-state index in [2.05, 4.69) is 25.3 Å². The lowest BCUT2D eigenvalue weighted by Gasteiger charge is -2.25. The maximum absolute atomic E-state index is 12.9. The van der Waals surface area contributed by atoms with E-state index in [1.54, 1.807) is 18.2 Å². The van der Waals surface area contributed by atoms with Crippen molar-refractivity contribution < 1.29 is 18.0 Å². The summed E-state index contributed by atoms with van der Waals surface area (Å²) in [6, 6.07) is 5.88. The lowest BCUT2D eigenvalue weighted by atomic mass is 10.1. The molecule has 1 aliphatic heterocycles. The molecule has 2 aromatic heterocycles. The van der Waals surface area contributed by atoms with Gasteiger partial charge in [0.1, 0.15) is 11.5 Å². The first-order valence-electron chi connectivity index (χ1n) is 9.43. The van der Waals surface area contributed by atoms with Gasteiger partial charge < -0.3 is 10.3 Å². The van der Waals surface area contributed by atoms with Crippen molar-refractivity contribution in [3.8, 4) is 0 Å². The van der Waals surface area contributed by atoms with Crippen LogP contribution in [0.4, 0.5) is 18.9 Å². The van der Waals surface area contributed by atoms with Gasteiger partial charge in [-0.3, -0.25) is 14.4 Å². The number of benzene rings is 1. The van der Waals surface area contributed by atoms with E-state index in [1.807, 2.05) is 0 Å². The van der Waals surface area contributed by atoms with Crippen LogP contribution in [-0.2, 0) is 19.8 Å². The number of fused-ring (bicyclic) bond motifs is 1. The molecule has 1 aromatic carbocycles. The molecule has 1 saturated heterocycles. The number of carbonyl (C=O) groups is 1. The molecule has 2 N–H and O–H groups in total. The SMILES string of the molecule is Cn1nc(C(=O)Nc2ccc3nc(CN4CCCCC4)[nH]c3c2)cc1C(F)(F)F. The van der Waals surface area contributed by atoms with E-state index >= 15 is 0 Å². The molecule has 0 radical (unpaired) electrons. The minimum Gasteiger partial charge on any atom is -0.341 e. The average molecular weight is 406 g/mol. The van der Waals surface area contributed by atoms with Crippen LogP contribution in [0.25, 0.3) is 11.0 Å². The third kappa shape index (κ3) is 4.26. The lowest BCUT2D eigenvalue weighted by Crippen LogP contribution is -2.29. The molecule has 1 aliphatic rings. The summed E-state index contributed by atoms with van der Waals surface area (Å²) in [6.07, 6.45) is -0.916. The molecule has 1 fully saturated rings. The largest absolute Gasteiger partial charge is 0.433 e. The Kier molecular flexibility index (Phi) is 5.03. The Morgan fingerprint density at radius 3 is 2.66 bits per heavy atom. The number of hydrogen-bond donors (Lipinski definition) is 2. The summed E-state index contributed by atoms with van der Waals surface area (Å²) in [5.41, 5.74) is 0.707. The number of H-pyrrole nitrogens is 1. The summed E-state index contributed by atoms with van der Waals surface area (Å²) < 4.78 is 39.3. The predicted molar refractivity (Wildman–Crippen MR) is 101 cm³/mol. The van der Waals surface area contributed by atoms with E-state index in [1.165, 1.54) is 19.3 Å². The highest BCUT2D eigenvalue weighted by molar-refractivity contribution is 6.03. The van der Waals surface area contributed by atoms with Crippen molar-refractivity contribution in [2.24, 2.45) is 7.05 Å². The van der Waals surface area contributed by atoms with Crippen molar-refractivity contribution in [1.29, 1.82) is 0 Å². The van der Waals surface area contributed by atoms with Crippen LogP contribution in [0.1, 0.15) is 41.3 Å². The molecule has 3 heterocycles. The summed E-state index contributed by atoms with van der Waals surface area (Å²) in [6.45, 7) is 2.86. The van der Waals surface area contributed by atoms with Crippen LogP contribution in [-0.4, -0.2) is 43.6 Å². The van der Waals surface area contributed by atoms with E-state index in [-0.39, 0.29) is 5.69 Å². The third-order valence-electron chi connectivity index (χ3n) is 5.01. The number of amides is 1. The molecule has 1 amide bonds. The molecular formula is C19H21F3N6O. The first-order valence-corrected chi connectivity index (χ1v) is 9.43. The second kappa shape index (κ2) is 7.51. The molecule has 0 spiro atoms. The molecule has 0 saturated carbocycles. The number of aromatic amines is 1. The van der Waals surface area contributed by atoms with Gasteiger partial charge in [-0.2, -0.15) is 18.3 Å². The number of aromatic nitrogens is 4. The van der Waals surface area contributed by atoms with Crippen molar-refractivity contribution in [2.45, 2.75) is 32.0 Å². The Labute approximate surface area is 164 Å². The molecule has 3 aromatic rings. The molecule has 0 unspecified atom stereocenters. The topological polar surface area (TPSA) is 78.8 Å². The first kappa shape index (κ1) is 19.4. The molecular weight excluding hydrogens is 385 g/mol. The van der Waals surface area contributed by atoms with Gasteiger partial charge in [-0.25, -0.2) is 4.98 Å². The minimum atomic E-state index is -4.57. The normalized spacial score (nSPS) is 15.7. The fourth-order valence-corrected chi connectivity index (χ4v) is 3.58. The number of carbonyl (C=O) groups excluding carboxylic acids is 1. The van der Waals surface area contributed by atoms with Gasteiger partial charge in [-0.1, -0.05) is 6.42 Å². The van der Waals surface area contributed by atoms with E-state index in [0.717, 1.165) is 49.6 Å². The molecule has 7 nitrogen and oxygen atoms in total. The zero-order chi connectivity index (χ0) is 20.6. The van der Waals surface area contributed by atoms with Crippen LogP contribution < -0.4 is 5.32 Å². The van der Waals surface area contributed by atoms with Gasteiger partial charge in [0, 0.05) is 18.8 Å². The number of anilines is 1. The van der Waals surface area contributed by atoms with Gasteiger partial charge in [-0.05, 0) is 44.1 Å². The van der Waals surface area contributed by atoms with Gasteiger partial charge in [0.15, 0.2) is 5.69 Å². The Morgan fingerprint density at radius 1 is 1.21 bits per heavy atom. The van der Waals surface area contributed by atoms with E-state index in [4.69, 9.17) is 0 Å². The standard InChI is InChI=1S/C19H21F3N6O/c1-27-16(19(20,21)22)10-15(26-27)18(29)23-12-5-6-13-14(9-12)25-17(24-13)11-28-7-3-2-4-8-28/h5-6,9-10H,2-4,7-8,11H2,1H3,(H,23,29)(H,24,25). The number of hydrogen-bond acceptors (Lipinski definition) is 4. The van der Waals surface area contributed by atoms with Crippen LogP contribution >= 0.6 is 0 Å². The maximum Gasteiger partial charge on any atom is 0.433 e. The summed E-state index contributed by atoms with van der Waals surface area (Å²) in [5, 5.41) is 6.26. The zero-order valence-electron chi connectivity index (χ0n) is 15.9. The molecule has 0 aliphatic carbocycles. The Bertz CT molecular complexity index is 1030. The van der Waals surface area contributed by atoms with Crippen molar-refractivity contribution in [3.05, 3.63) is 41.5 Å². The Balaban J connectivity index is 1.48. The second-order valence-corrected chi connectivity index (χ2v) is 7.24. The molecule has 0 bridgehead atoms. The second-order valence-electron chi connectivity index (χ2n) is 7.24. The van der Waals surface area contributed by atoms with Crippen molar-refractivity contribution in [2.75, 3.05) is 18.4 Å². The minimum absolute atomic E-state index is 0.296. The van der Waals surface area contributed by atoms with Crippen LogP contribution in [0.2, 0.25) is 0 Å². The Morgan fingerprint density at radius 2 is 1.97 bits per heavy atom. The van der Waals surface area contributed by atoms with Gasteiger partial charge in [0.25, 0.3) is 5.91 Å². The molecule has 29 heavy (non-hydrogen) atoms. The zero-order valence-corrected chi connectivity index (χ0v) is 15.9. The fraction of sp³-hybridized carbons (Fsp3) is 0.421. The number of likely N-dealkylation sites (tertiary alicyclic amines) is 1. The maximum atomic E-state index is 12.9. The summed E-state index contributed by atoms with van der Waals surface area (Å²) >= 11 is 0.